The molecule has 2 rings (SSSR count). The molecule has 12 heteroatoms. The van der Waals surface area contributed by atoms with Crippen LogP contribution in [0.25, 0.3) is 0 Å². The maximum Gasteiger partial charge on any atom is 0.326 e. The topological polar surface area (TPSA) is 205 Å². The molecule has 0 saturated carbocycles. The smallest absolute Gasteiger partial charge is 0.326 e. The average molecular weight is 506 g/mol. The van der Waals surface area contributed by atoms with E-state index in [9.17, 15) is 34.2 Å². The van der Waals surface area contributed by atoms with Crippen molar-refractivity contribution < 1.29 is 34.2 Å². The lowest BCUT2D eigenvalue weighted by molar-refractivity contribution is -0.150. The highest BCUT2D eigenvalue weighted by Gasteiger charge is 2.40. The molecule has 1 fully saturated rings. The minimum Gasteiger partial charge on any atom is -0.508 e. The Hall–Kier alpha value is -3.67. The second-order valence-corrected chi connectivity index (χ2v) is 9.11. The Labute approximate surface area is 209 Å². The number of aromatic hydroxyl groups is 1. The molecule has 0 aliphatic carbocycles. The van der Waals surface area contributed by atoms with Gasteiger partial charge in [0.25, 0.3) is 0 Å². The second-order valence-electron chi connectivity index (χ2n) is 9.11. The highest BCUT2D eigenvalue weighted by molar-refractivity contribution is 5.95. The molecule has 36 heavy (non-hydrogen) atoms. The quantitative estimate of drug-likeness (QED) is 0.212. The van der Waals surface area contributed by atoms with E-state index in [-0.39, 0.29) is 24.6 Å². The van der Waals surface area contributed by atoms with E-state index in [1.165, 1.54) is 17.0 Å². The number of carbonyl (C=O) groups excluding carboxylic acids is 4. The summed E-state index contributed by atoms with van der Waals surface area (Å²) < 4.78 is 0. The molecule has 0 radical (unpaired) electrons. The molecule has 12 nitrogen and oxygen atoms in total. The van der Waals surface area contributed by atoms with Crippen molar-refractivity contribution in [3.8, 4) is 5.75 Å². The van der Waals surface area contributed by atoms with Gasteiger partial charge in [0.1, 0.15) is 23.9 Å². The molecule has 1 aliphatic rings. The summed E-state index contributed by atoms with van der Waals surface area (Å²) in [6, 6.07) is 1.58. The predicted molar refractivity (Wildman–Crippen MR) is 129 cm³/mol. The summed E-state index contributed by atoms with van der Waals surface area (Å²) in [4.78, 5) is 63.3. The van der Waals surface area contributed by atoms with Crippen molar-refractivity contribution in [3.63, 3.8) is 0 Å². The molecular weight excluding hydrogens is 470 g/mol. The fraction of sp³-hybridized carbons (Fsp3) is 0.542. The molecular formula is C24H35N5O7. The van der Waals surface area contributed by atoms with Crippen LogP contribution in [0, 0.1) is 5.92 Å². The standard InChI is InChI=1S/C24H35N5O7/c1-3-13(2)20(23(34)29-10-4-5-18(29)24(35)36)28-22(33)17(11-14-6-8-15(30)9-7-14)27-21(32)16(25)12-19(26)31/h6-9,13,16-18,20,30H,3-5,10-12,25H2,1-2H3,(H2,26,31)(H,27,32)(H,28,33)(H,35,36). The van der Waals surface area contributed by atoms with Crippen LogP contribution < -0.4 is 22.1 Å². The Morgan fingerprint density at radius 3 is 2.31 bits per heavy atom. The Morgan fingerprint density at radius 2 is 1.75 bits per heavy atom. The Balaban J connectivity index is 2.27. The molecule has 0 bridgehead atoms. The van der Waals surface area contributed by atoms with Crippen LogP contribution in [-0.4, -0.2) is 75.4 Å². The number of likely N-dealkylation sites (tertiary alicyclic amines) is 1. The van der Waals surface area contributed by atoms with Crippen molar-refractivity contribution in [3.05, 3.63) is 29.8 Å². The van der Waals surface area contributed by atoms with Crippen LogP contribution >= 0.6 is 0 Å². The number of hydrogen-bond acceptors (Lipinski definition) is 7. The molecule has 8 N–H and O–H groups in total. The summed E-state index contributed by atoms with van der Waals surface area (Å²) in [6.07, 6.45) is 0.990. The monoisotopic (exact) mass is 505 g/mol. The molecule has 0 aromatic heterocycles. The van der Waals surface area contributed by atoms with Crippen molar-refractivity contribution in [2.45, 2.75) is 70.1 Å². The number of phenolic OH excluding ortho intramolecular Hbond substituents is 1. The number of primary amides is 1. The molecule has 1 aromatic carbocycles. The Kier molecular flexibility index (Phi) is 10.2. The van der Waals surface area contributed by atoms with E-state index in [2.05, 4.69) is 10.6 Å². The van der Waals surface area contributed by atoms with Crippen LogP contribution in [0.5, 0.6) is 5.75 Å². The van der Waals surface area contributed by atoms with E-state index >= 15 is 0 Å². The molecule has 1 heterocycles. The predicted octanol–water partition coefficient (Wildman–Crippen LogP) is -0.771. The average Bonchev–Trinajstić information content (AvgIpc) is 3.32. The third-order valence-electron chi connectivity index (χ3n) is 6.36. The summed E-state index contributed by atoms with van der Waals surface area (Å²) in [5.41, 5.74) is 11.5. The number of carbonyl (C=O) groups is 5. The van der Waals surface area contributed by atoms with E-state index in [0.29, 0.717) is 24.8 Å². The van der Waals surface area contributed by atoms with Gasteiger partial charge in [-0.25, -0.2) is 4.79 Å². The number of benzene rings is 1. The van der Waals surface area contributed by atoms with Crippen molar-refractivity contribution >= 4 is 29.6 Å². The van der Waals surface area contributed by atoms with E-state index in [0.717, 1.165) is 0 Å². The number of amides is 4. The normalized spacial score (nSPS) is 18.5. The third kappa shape index (κ3) is 7.67. The zero-order chi connectivity index (χ0) is 27.0. The fourth-order valence-corrected chi connectivity index (χ4v) is 4.07. The molecule has 0 spiro atoms. The molecule has 5 unspecified atom stereocenters. The van der Waals surface area contributed by atoms with Crippen LogP contribution in [-0.2, 0) is 30.4 Å². The van der Waals surface area contributed by atoms with Gasteiger partial charge >= 0.3 is 5.97 Å². The molecule has 198 valence electrons. The number of nitrogens with zero attached hydrogens (tertiary/aromatic N) is 1. The summed E-state index contributed by atoms with van der Waals surface area (Å²) >= 11 is 0. The van der Waals surface area contributed by atoms with E-state index < -0.39 is 60.2 Å². The van der Waals surface area contributed by atoms with Gasteiger partial charge in [0.15, 0.2) is 0 Å². The number of rotatable bonds is 12. The van der Waals surface area contributed by atoms with Crippen LogP contribution in [0.1, 0.15) is 45.1 Å². The first-order valence-electron chi connectivity index (χ1n) is 11.9. The van der Waals surface area contributed by atoms with Gasteiger partial charge in [-0.3, -0.25) is 19.2 Å². The fourth-order valence-electron chi connectivity index (χ4n) is 4.07. The van der Waals surface area contributed by atoms with Gasteiger partial charge in [0, 0.05) is 13.0 Å². The van der Waals surface area contributed by atoms with Crippen LogP contribution in [0.3, 0.4) is 0 Å². The number of phenols is 1. The van der Waals surface area contributed by atoms with Gasteiger partial charge in [-0.05, 0) is 36.5 Å². The lowest BCUT2D eigenvalue weighted by atomic mass is 9.96. The summed E-state index contributed by atoms with van der Waals surface area (Å²) in [5.74, 6) is -4.12. The van der Waals surface area contributed by atoms with Crippen molar-refractivity contribution in [2.24, 2.45) is 17.4 Å². The maximum atomic E-state index is 13.4. The van der Waals surface area contributed by atoms with Crippen LogP contribution in [0.15, 0.2) is 24.3 Å². The highest BCUT2D eigenvalue weighted by atomic mass is 16.4. The lowest BCUT2D eigenvalue weighted by Gasteiger charge is -2.31. The largest absolute Gasteiger partial charge is 0.508 e. The highest BCUT2D eigenvalue weighted by Crippen LogP contribution is 2.21. The van der Waals surface area contributed by atoms with Gasteiger partial charge < -0.3 is 37.2 Å². The lowest BCUT2D eigenvalue weighted by Crippen LogP contribution is -2.59. The van der Waals surface area contributed by atoms with Crippen LogP contribution in [0.2, 0.25) is 0 Å². The SMILES string of the molecule is CCC(C)C(NC(=O)C(Cc1ccc(O)cc1)NC(=O)C(N)CC(N)=O)C(=O)N1CCCC1C(=O)O. The Morgan fingerprint density at radius 1 is 1.11 bits per heavy atom. The number of carboxylic acid groups (broad SMARTS) is 1. The van der Waals surface area contributed by atoms with Crippen molar-refractivity contribution in [2.75, 3.05) is 6.54 Å². The van der Waals surface area contributed by atoms with Crippen LogP contribution in [0.4, 0.5) is 0 Å². The summed E-state index contributed by atoms with van der Waals surface area (Å²) in [7, 11) is 0. The second kappa shape index (κ2) is 12.9. The van der Waals surface area contributed by atoms with Gasteiger partial charge in [0.2, 0.25) is 23.6 Å². The van der Waals surface area contributed by atoms with Gasteiger partial charge in [-0.1, -0.05) is 32.4 Å². The minimum absolute atomic E-state index is 0.00399. The number of nitrogens with one attached hydrogen (secondary N) is 2. The summed E-state index contributed by atoms with van der Waals surface area (Å²) in [6.45, 7) is 3.88. The number of carboxylic acids is 1. The molecule has 1 aromatic rings. The number of nitrogens with two attached hydrogens (primary N) is 2. The first kappa shape index (κ1) is 28.6. The molecule has 5 atom stereocenters. The van der Waals surface area contributed by atoms with Crippen molar-refractivity contribution in [1.29, 1.82) is 0 Å². The first-order chi connectivity index (χ1) is 16.9. The van der Waals surface area contributed by atoms with Gasteiger partial charge in [-0.2, -0.15) is 0 Å². The van der Waals surface area contributed by atoms with E-state index in [1.807, 2.05) is 6.92 Å². The molecule has 1 saturated heterocycles. The zero-order valence-corrected chi connectivity index (χ0v) is 20.5. The third-order valence-corrected chi connectivity index (χ3v) is 6.36. The zero-order valence-electron chi connectivity index (χ0n) is 20.5. The first-order valence-corrected chi connectivity index (χ1v) is 11.9. The molecule has 1 aliphatic heterocycles. The molecule has 4 amide bonds. The van der Waals surface area contributed by atoms with Gasteiger partial charge in [-0.15, -0.1) is 0 Å². The Bertz CT molecular complexity index is 968. The number of hydrogen-bond donors (Lipinski definition) is 6. The van der Waals surface area contributed by atoms with Crippen molar-refractivity contribution in [1.82, 2.24) is 15.5 Å². The van der Waals surface area contributed by atoms with E-state index in [4.69, 9.17) is 11.5 Å². The van der Waals surface area contributed by atoms with Gasteiger partial charge in [0.05, 0.1) is 12.5 Å². The summed E-state index contributed by atoms with van der Waals surface area (Å²) in [5, 5.41) is 24.2. The van der Waals surface area contributed by atoms with E-state index in [1.54, 1.807) is 19.1 Å². The minimum atomic E-state index is -1.27. The maximum absolute atomic E-state index is 13.4. The number of aliphatic carboxylic acids is 1.